The van der Waals surface area contributed by atoms with Crippen molar-refractivity contribution in [2.24, 2.45) is 0 Å². The molecular weight excluding hydrogens is 895 g/mol. The van der Waals surface area contributed by atoms with Crippen molar-refractivity contribution in [3.8, 4) is 0 Å². The van der Waals surface area contributed by atoms with Gasteiger partial charge in [0.2, 0.25) is 5.91 Å². The van der Waals surface area contributed by atoms with E-state index in [2.05, 4.69) is 43.5 Å². The lowest BCUT2D eigenvalue weighted by atomic mass is 9.98. The predicted molar refractivity (Wildman–Crippen MR) is 293 cm³/mol. The number of rotatable bonds is 52. The Kier molecular flexibility index (Phi) is 47.1. The highest BCUT2D eigenvalue weighted by atomic mass is 16.7. The molecule has 9 unspecified atom stereocenters. The van der Waals surface area contributed by atoms with Gasteiger partial charge in [0.1, 0.15) is 36.6 Å². The van der Waals surface area contributed by atoms with Crippen LogP contribution in [0.4, 0.5) is 0 Å². The first kappa shape index (κ1) is 67.6. The Morgan fingerprint density at radius 3 is 1.25 bits per heavy atom. The normalized spacial score (nSPS) is 20.3. The van der Waals surface area contributed by atoms with Crippen LogP contribution in [-0.2, 0) is 14.3 Å². The van der Waals surface area contributed by atoms with E-state index in [1.807, 2.05) is 0 Å². The van der Waals surface area contributed by atoms with Crippen LogP contribution >= 0.6 is 0 Å². The van der Waals surface area contributed by atoms with Crippen LogP contribution in [0.3, 0.4) is 0 Å². The lowest BCUT2D eigenvalue weighted by Crippen LogP contribution is -2.60. The molecule has 0 aromatic rings. The fourth-order valence-electron chi connectivity index (χ4n) is 9.81. The van der Waals surface area contributed by atoms with Crippen LogP contribution in [-0.4, -0.2) is 110 Å². The Morgan fingerprint density at radius 2 is 0.845 bits per heavy atom. The van der Waals surface area contributed by atoms with Gasteiger partial charge in [-0.25, -0.2) is 0 Å². The third-order valence-electron chi connectivity index (χ3n) is 14.7. The smallest absolute Gasteiger partial charge is 0.249 e. The molecule has 0 saturated carbocycles. The largest absolute Gasteiger partial charge is 0.394 e. The number of ether oxygens (including phenoxy) is 2. The zero-order chi connectivity index (χ0) is 51.8. The minimum Gasteiger partial charge on any atom is -0.394 e. The van der Waals surface area contributed by atoms with E-state index in [4.69, 9.17) is 9.47 Å². The molecule has 0 spiro atoms. The summed E-state index contributed by atoms with van der Waals surface area (Å²) in [4.78, 5) is 13.2. The summed E-state index contributed by atoms with van der Waals surface area (Å²) in [6.45, 7) is 3.46. The molecule has 11 heteroatoms. The van der Waals surface area contributed by atoms with Gasteiger partial charge in [0, 0.05) is 0 Å². The number of carbonyl (C=O) groups is 1. The van der Waals surface area contributed by atoms with Crippen molar-refractivity contribution in [1.29, 1.82) is 0 Å². The van der Waals surface area contributed by atoms with Gasteiger partial charge in [-0.05, 0) is 51.4 Å². The molecule has 1 saturated heterocycles. The summed E-state index contributed by atoms with van der Waals surface area (Å²) in [5, 5.41) is 76.1. The highest BCUT2D eigenvalue weighted by Gasteiger charge is 2.44. The summed E-state index contributed by atoms with van der Waals surface area (Å²) in [7, 11) is 0. The summed E-state index contributed by atoms with van der Waals surface area (Å²) in [5.74, 6) is -0.705. The summed E-state index contributed by atoms with van der Waals surface area (Å²) in [6, 6.07) is -1.19. The molecule has 0 radical (unpaired) electrons. The Bertz CT molecular complexity index is 1200. The molecule has 9 atom stereocenters. The second kappa shape index (κ2) is 49.5. The van der Waals surface area contributed by atoms with Crippen LogP contribution in [0.5, 0.6) is 0 Å². The summed E-state index contributed by atoms with van der Waals surface area (Å²) >= 11 is 0. The predicted octanol–water partition coefficient (Wildman–Crippen LogP) is 12.9. The van der Waals surface area contributed by atoms with E-state index < -0.39 is 74.2 Å². The van der Waals surface area contributed by atoms with Crippen molar-refractivity contribution in [2.45, 2.75) is 339 Å². The number of aliphatic hydroxyl groups is 7. The number of aliphatic hydroxyl groups excluding tert-OH is 7. The Balaban J connectivity index is 2.27. The maximum absolute atomic E-state index is 13.2. The van der Waals surface area contributed by atoms with E-state index in [0.29, 0.717) is 19.3 Å². The molecule has 0 aromatic carbocycles. The SMILES string of the molecule is CCCCCCCCCC/C=C/CC/C=C/CCCC(O)C(O)C(COC1OC(CO)C(O)C(O)C1O)NC(=O)C(O)CCCCCCCCCCCCCCCCCCCCCCCCCCCCC. The van der Waals surface area contributed by atoms with E-state index in [0.717, 1.165) is 38.5 Å². The van der Waals surface area contributed by atoms with Gasteiger partial charge in [-0.1, -0.05) is 256 Å². The Morgan fingerprint density at radius 1 is 0.479 bits per heavy atom. The van der Waals surface area contributed by atoms with E-state index in [9.17, 15) is 40.5 Å². The molecule has 0 bridgehead atoms. The molecule has 8 N–H and O–H groups in total. The topological polar surface area (TPSA) is 189 Å². The molecule has 1 fully saturated rings. The number of nitrogens with one attached hydrogen (secondary N) is 1. The zero-order valence-corrected chi connectivity index (χ0v) is 46.0. The van der Waals surface area contributed by atoms with Crippen LogP contribution in [0, 0.1) is 0 Å². The molecule has 1 amide bonds. The third-order valence-corrected chi connectivity index (χ3v) is 14.7. The van der Waals surface area contributed by atoms with Crippen LogP contribution in [0.15, 0.2) is 24.3 Å². The standard InChI is InChI=1S/C60H115NO10/c1-3-5-7-9-11-13-15-17-19-21-22-23-24-25-26-27-28-29-30-32-34-36-38-40-42-44-46-48-53(64)59(69)61-51(50-70-60-58(68)57(67)56(66)54(49-62)71-60)55(65)52(63)47-45-43-41-39-37-35-33-31-20-18-16-14-12-10-8-6-4-2/h31,33,39,41,51-58,60,62-68H,3-30,32,34-38,40,42-50H2,1-2H3,(H,61,69)/b33-31+,41-39+. The third kappa shape index (κ3) is 37.9. The average molecular weight is 1010 g/mol. The second-order valence-corrected chi connectivity index (χ2v) is 21.4. The van der Waals surface area contributed by atoms with Crippen molar-refractivity contribution in [1.82, 2.24) is 5.32 Å². The molecule has 11 nitrogen and oxygen atoms in total. The van der Waals surface area contributed by atoms with Crippen LogP contribution in [0.2, 0.25) is 0 Å². The van der Waals surface area contributed by atoms with Gasteiger partial charge < -0.3 is 50.5 Å². The molecule has 1 aliphatic rings. The van der Waals surface area contributed by atoms with Crippen LogP contribution < -0.4 is 5.32 Å². The lowest BCUT2D eigenvalue weighted by Gasteiger charge is -2.40. The van der Waals surface area contributed by atoms with Gasteiger partial charge in [-0.2, -0.15) is 0 Å². The molecule has 420 valence electrons. The number of amides is 1. The highest BCUT2D eigenvalue weighted by molar-refractivity contribution is 5.80. The first-order valence-corrected chi connectivity index (χ1v) is 30.2. The highest BCUT2D eigenvalue weighted by Crippen LogP contribution is 2.23. The van der Waals surface area contributed by atoms with Gasteiger partial charge in [-0.15, -0.1) is 0 Å². The van der Waals surface area contributed by atoms with Gasteiger partial charge in [-0.3, -0.25) is 4.79 Å². The quantitative estimate of drug-likeness (QED) is 0.0215. The fraction of sp³-hybridized carbons (Fsp3) is 0.917. The molecule has 0 aliphatic carbocycles. The van der Waals surface area contributed by atoms with Gasteiger partial charge >= 0.3 is 0 Å². The number of hydrogen-bond donors (Lipinski definition) is 8. The summed E-state index contributed by atoms with van der Waals surface area (Å²) < 4.78 is 11.1. The molecule has 71 heavy (non-hydrogen) atoms. The minimum atomic E-state index is -1.67. The van der Waals surface area contributed by atoms with Crippen molar-refractivity contribution >= 4 is 5.91 Å². The number of carbonyl (C=O) groups excluding carboxylic acids is 1. The Labute approximate surface area is 435 Å². The number of hydrogen-bond acceptors (Lipinski definition) is 10. The average Bonchev–Trinajstić information content (AvgIpc) is 3.37. The van der Waals surface area contributed by atoms with Gasteiger partial charge in [0.05, 0.1) is 25.4 Å². The van der Waals surface area contributed by atoms with E-state index >= 15 is 0 Å². The maximum Gasteiger partial charge on any atom is 0.249 e. The van der Waals surface area contributed by atoms with Gasteiger partial charge in [0.25, 0.3) is 0 Å². The number of allylic oxidation sites excluding steroid dienone is 4. The van der Waals surface area contributed by atoms with Crippen molar-refractivity contribution in [3.63, 3.8) is 0 Å². The summed E-state index contributed by atoms with van der Waals surface area (Å²) in [6.07, 6.45) is 48.2. The monoisotopic (exact) mass is 1010 g/mol. The van der Waals surface area contributed by atoms with E-state index in [1.54, 1.807) is 0 Å². The van der Waals surface area contributed by atoms with E-state index in [1.165, 1.54) is 199 Å². The van der Waals surface area contributed by atoms with Crippen LogP contribution in [0.1, 0.15) is 284 Å². The zero-order valence-electron chi connectivity index (χ0n) is 46.0. The van der Waals surface area contributed by atoms with Crippen LogP contribution in [0.25, 0.3) is 0 Å². The lowest BCUT2D eigenvalue weighted by molar-refractivity contribution is -0.303. The first-order valence-electron chi connectivity index (χ1n) is 30.2. The second-order valence-electron chi connectivity index (χ2n) is 21.4. The maximum atomic E-state index is 13.2. The van der Waals surface area contributed by atoms with Gasteiger partial charge in [0.15, 0.2) is 6.29 Å². The first-order chi connectivity index (χ1) is 34.7. The van der Waals surface area contributed by atoms with E-state index in [-0.39, 0.29) is 12.8 Å². The number of unbranched alkanes of at least 4 members (excludes halogenated alkanes) is 36. The Hall–Kier alpha value is -1.41. The molecule has 1 heterocycles. The van der Waals surface area contributed by atoms with Crippen molar-refractivity contribution < 1.29 is 50.0 Å². The molecule has 0 aromatic heterocycles. The fourth-order valence-corrected chi connectivity index (χ4v) is 9.81. The molecular formula is C60H115NO10. The summed E-state index contributed by atoms with van der Waals surface area (Å²) in [5.41, 5.74) is 0. The van der Waals surface area contributed by atoms with Crippen molar-refractivity contribution in [2.75, 3.05) is 13.2 Å². The van der Waals surface area contributed by atoms with Crippen molar-refractivity contribution in [3.05, 3.63) is 24.3 Å². The molecule has 1 aliphatic heterocycles. The minimum absolute atomic E-state index is 0.249. The molecule has 1 rings (SSSR count).